The zero-order valence-electron chi connectivity index (χ0n) is 25.2. The smallest absolute Gasteiger partial charge is 0.350 e. The lowest BCUT2D eigenvalue weighted by molar-refractivity contribution is -0.141. The summed E-state index contributed by atoms with van der Waals surface area (Å²) in [6.07, 6.45) is -4.52. The predicted octanol–water partition coefficient (Wildman–Crippen LogP) is 6.24. The van der Waals surface area contributed by atoms with Crippen LogP contribution in [-0.2, 0) is 32.3 Å². The summed E-state index contributed by atoms with van der Waals surface area (Å²) in [4.78, 5) is 28.6. The van der Waals surface area contributed by atoms with Gasteiger partial charge in [0.2, 0.25) is 11.8 Å². The van der Waals surface area contributed by atoms with E-state index in [2.05, 4.69) is 5.32 Å². The number of carbonyl (C=O) groups excluding carboxylic acids is 2. The Morgan fingerprint density at radius 3 is 1.95 bits per heavy atom. The van der Waals surface area contributed by atoms with Crippen LogP contribution in [0.2, 0.25) is 0 Å². The number of alkyl halides is 3. The van der Waals surface area contributed by atoms with E-state index in [1.807, 2.05) is 19.1 Å². The highest BCUT2D eigenvalue weighted by molar-refractivity contribution is 7.92. The molecule has 1 N–H and O–H groups in total. The van der Waals surface area contributed by atoms with E-state index in [1.54, 1.807) is 58.9 Å². The summed E-state index contributed by atoms with van der Waals surface area (Å²) in [6, 6.07) is 16.0. The summed E-state index contributed by atoms with van der Waals surface area (Å²) in [5, 5.41) is 2.88. The van der Waals surface area contributed by atoms with Gasteiger partial charge in [0, 0.05) is 12.1 Å². The Balaban J connectivity index is 2.13. The molecule has 0 aromatic heterocycles. The monoisotopic (exact) mass is 617 g/mol. The van der Waals surface area contributed by atoms with E-state index in [4.69, 9.17) is 0 Å². The first-order valence-electron chi connectivity index (χ1n) is 13.9. The maximum absolute atomic E-state index is 14.1. The molecule has 0 aliphatic carbocycles. The van der Waals surface area contributed by atoms with Gasteiger partial charge in [-0.15, -0.1) is 0 Å². The van der Waals surface area contributed by atoms with Gasteiger partial charge in [0.25, 0.3) is 10.0 Å². The molecule has 0 radical (unpaired) electrons. The largest absolute Gasteiger partial charge is 0.416 e. The van der Waals surface area contributed by atoms with E-state index in [0.717, 1.165) is 23.3 Å². The first kappa shape index (κ1) is 33.6. The Morgan fingerprint density at radius 1 is 0.884 bits per heavy atom. The lowest BCUT2D eigenvalue weighted by Crippen LogP contribution is -2.55. The number of hydrogen-bond donors (Lipinski definition) is 1. The number of anilines is 1. The van der Waals surface area contributed by atoms with Crippen LogP contribution in [-0.4, -0.2) is 43.3 Å². The molecule has 43 heavy (non-hydrogen) atoms. The molecule has 0 aliphatic heterocycles. The summed E-state index contributed by atoms with van der Waals surface area (Å²) < 4.78 is 69.4. The number of carbonyl (C=O) groups is 2. The fraction of sp³-hybridized carbons (Fsp3) is 0.375. The Hall–Kier alpha value is -3.86. The van der Waals surface area contributed by atoms with Gasteiger partial charge in [-0.1, -0.05) is 60.5 Å². The molecular formula is C32H38F3N3O4S. The summed E-state index contributed by atoms with van der Waals surface area (Å²) >= 11 is 0. The molecule has 2 amide bonds. The Labute approximate surface area is 251 Å². The minimum absolute atomic E-state index is 0.0177. The minimum Gasteiger partial charge on any atom is -0.350 e. The molecule has 0 saturated heterocycles. The van der Waals surface area contributed by atoms with Crippen molar-refractivity contribution < 1.29 is 31.2 Å². The van der Waals surface area contributed by atoms with E-state index < -0.39 is 51.7 Å². The van der Waals surface area contributed by atoms with Crippen LogP contribution in [0.1, 0.15) is 56.4 Å². The maximum atomic E-state index is 14.1. The first-order valence-corrected chi connectivity index (χ1v) is 15.3. The molecule has 0 heterocycles. The van der Waals surface area contributed by atoms with Gasteiger partial charge < -0.3 is 10.2 Å². The number of hydrogen-bond acceptors (Lipinski definition) is 4. The van der Waals surface area contributed by atoms with Gasteiger partial charge in [0.15, 0.2) is 0 Å². The van der Waals surface area contributed by atoms with Gasteiger partial charge in [0.05, 0.1) is 16.1 Å². The van der Waals surface area contributed by atoms with Crippen LogP contribution in [0.4, 0.5) is 18.9 Å². The van der Waals surface area contributed by atoms with Crippen molar-refractivity contribution in [2.75, 3.05) is 10.8 Å². The minimum atomic E-state index is -4.74. The maximum Gasteiger partial charge on any atom is 0.416 e. The van der Waals surface area contributed by atoms with Crippen molar-refractivity contribution in [1.82, 2.24) is 10.2 Å². The second-order valence-corrected chi connectivity index (χ2v) is 13.4. The number of rotatable bonds is 10. The molecule has 7 nitrogen and oxygen atoms in total. The average molecular weight is 618 g/mol. The van der Waals surface area contributed by atoms with Gasteiger partial charge in [-0.05, 0) is 76.9 Å². The highest BCUT2D eigenvalue weighted by Gasteiger charge is 2.36. The SMILES string of the molecule is CCC(C(=O)NC(C)(C)C)N(Cc1ccc(C)cc1)C(=O)CN(c1cccc(C(F)(F)F)c1)S(=O)(=O)c1ccc(C)cc1. The van der Waals surface area contributed by atoms with Crippen LogP contribution in [0.3, 0.4) is 0 Å². The number of amides is 2. The highest BCUT2D eigenvalue weighted by Crippen LogP contribution is 2.33. The van der Waals surface area contributed by atoms with Crippen molar-refractivity contribution in [2.45, 2.75) is 77.2 Å². The Bertz CT molecular complexity index is 1530. The van der Waals surface area contributed by atoms with Gasteiger partial charge in [-0.2, -0.15) is 13.2 Å². The summed E-state index contributed by atoms with van der Waals surface area (Å²) in [6.45, 7) is 9.95. The Kier molecular flexibility index (Phi) is 10.3. The molecule has 0 bridgehead atoms. The molecule has 0 fully saturated rings. The van der Waals surface area contributed by atoms with Crippen molar-refractivity contribution in [2.24, 2.45) is 0 Å². The predicted molar refractivity (Wildman–Crippen MR) is 161 cm³/mol. The molecule has 0 saturated carbocycles. The van der Waals surface area contributed by atoms with Crippen LogP contribution < -0.4 is 9.62 Å². The normalized spacial score (nSPS) is 12.9. The Morgan fingerprint density at radius 2 is 1.44 bits per heavy atom. The third kappa shape index (κ3) is 8.82. The van der Waals surface area contributed by atoms with Crippen LogP contribution >= 0.6 is 0 Å². The van der Waals surface area contributed by atoms with Crippen LogP contribution in [0, 0.1) is 13.8 Å². The standard InChI is InChI=1S/C32H38F3N3O4S/c1-7-28(30(40)36-31(4,5)6)37(20-24-15-11-22(2)12-16-24)29(39)21-38(26-10-8-9-25(19-26)32(33,34)35)43(41,42)27-17-13-23(3)14-18-27/h8-19,28H,7,20-21H2,1-6H3,(H,36,40). The summed E-state index contributed by atoms with van der Waals surface area (Å²) in [5.41, 5.74) is 0.468. The first-order chi connectivity index (χ1) is 19.9. The fourth-order valence-electron chi connectivity index (χ4n) is 4.47. The van der Waals surface area contributed by atoms with E-state index in [1.165, 1.54) is 23.1 Å². The second-order valence-electron chi connectivity index (χ2n) is 11.5. The number of aryl methyl sites for hydroxylation is 2. The fourth-order valence-corrected chi connectivity index (χ4v) is 5.87. The van der Waals surface area contributed by atoms with Crippen molar-refractivity contribution in [3.63, 3.8) is 0 Å². The molecule has 0 aliphatic rings. The third-order valence-electron chi connectivity index (χ3n) is 6.71. The van der Waals surface area contributed by atoms with E-state index in [-0.39, 0.29) is 23.5 Å². The lowest BCUT2D eigenvalue weighted by Gasteiger charge is -2.35. The third-order valence-corrected chi connectivity index (χ3v) is 8.50. The van der Waals surface area contributed by atoms with Crippen molar-refractivity contribution in [3.8, 4) is 0 Å². The number of nitrogens with one attached hydrogen (secondary N) is 1. The molecule has 3 rings (SSSR count). The average Bonchev–Trinajstić information content (AvgIpc) is 2.91. The van der Waals surface area contributed by atoms with Gasteiger partial charge in [0.1, 0.15) is 12.6 Å². The van der Waals surface area contributed by atoms with Crippen LogP contribution in [0.5, 0.6) is 0 Å². The zero-order chi connectivity index (χ0) is 32.2. The van der Waals surface area contributed by atoms with Crippen molar-refractivity contribution in [3.05, 3.63) is 95.1 Å². The van der Waals surface area contributed by atoms with E-state index in [9.17, 15) is 31.2 Å². The second kappa shape index (κ2) is 13.2. The van der Waals surface area contributed by atoms with Crippen LogP contribution in [0.25, 0.3) is 0 Å². The topological polar surface area (TPSA) is 86.8 Å². The number of benzene rings is 3. The molecule has 3 aromatic carbocycles. The molecule has 1 atom stereocenters. The zero-order valence-corrected chi connectivity index (χ0v) is 26.0. The molecular weight excluding hydrogens is 579 g/mol. The quantitative estimate of drug-likeness (QED) is 0.292. The molecule has 1 unspecified atom stereocenters. The molecule has 11 heteroatoms. The number of nitrogens with zero attached hydrogens (tertiary/aromatic N) is 2. The van der Waals surface area contributed by atoms with Gasteiger partial charge >= 0.3 is 6.18 Å². The molecule has 3 aromatic rings. The highest BCUT2D eigenvalue weighted by atomic mass is 32.2. The van der Waals surface area contributed by atoms with Crippen molar-refractivity contribution in [1.29, 1.82) is 0 Å². The van der Waals surface area contributed by atoms with Crippen molar-refractivity contribution >= 4 is 27.5 Å². The lowest BCUT2D eigenvalue weighted by atomic mass is 10.1. The molecule has 232 valence electrons. The van der Waals surface area contributed by atoms with E-state index in [0.29, 0.717) is 15.9 Å². The van der Waals surface area contributed by atoms with E-state index >= 15 is 0 Å². The number of halogens is 3. The summed E-state index contributed by atoms with van der Waals surface area (Å²) in [5.74, 6) is -1.17. The molecule has 0 spiro atoms. The summed E-state index contributed by atoms with van der Waals surface area (Å²) in [7, 11) is -4.50. The van der Waals surface area contributed by atoms with Gasteiger partial charge in [-0.25, -0.2) is 8.42 Å². The van der Waals surface area contributed by atoms with Gasteiger partial charge in [-0.3, -0.25) is 13.9 Å². The number of sulfonamides is 1. The van der Waals surface area contributed by atoms with Crippen LogP contribution in [0.15, 0.2) is 77.7 Å².